The number of carbonyl (C=O) groups is 1. The Kier molecular flexibility index (Phi) is 4.80. The van der Waals surface area contributed by atoms with E-state index < -0.39 is 17.5 Å². The summed E-state index contributed by atoms with van der Waals surface area (Å²) in [4.78, 5) is 17.7. The minimum absolute atomic E-state index is 0.183. The van der Waals surface area contributed by atoms with Crippen molar-refractivity contribution in [3.05, 3.63) is 95.1 Å². The molecule has 0 fully saturated rings. The molecule has 0 aliphatic carbocycles. The maximum atomic E-state index is 13.5. The molecule has 1 aromatic heterocycles. The van der Waals surface area contributed by atoms with Gasteiger partial charge >= 0.3 is 0 Å². The normalized spacial score (nSPS) is 10.9. The highest BCUT2D eigenvalue weighted by atomic mass is 19.2. The number of carbonyl (C=O) groups excluding carboxylic acids is 1. The molecule has 4 aromatic rings. The van der Waals surface area contributed by atoms with Crippen molar-refractivity contribution in [1.82, 2.24) is 4.98 Å². The zero-order valence-corrected chi connectivity index (χ0v) is 16.0. The maximum absolute atomic E-state index is 13.5. The number of anilines is 1. The van der Waals surface area contributed by atoms with Gasteiger partial charge < -0.3 is 5.32 Å². The minimum atomic E-state index is -1.02. The second-order valence-electron chi connectivity index (χ2n) is 6.97. The van der Waals surface area contributed by atoms with Crippen molar-refractivity contribution < 1.29 is 13.6 Å². The Labute approximate surface area is 167 Å². The van der Waals surface area contributed by atoms with Gasteiger partial charge in [0.25, 0.3) is 5.91 Å². The van der Waals surface area contributed by atoms with E-state index in [9.17, 15) is 13.6 Å². The first kappa shape index (κ1) is 18.7. The molecular weight excluding hydrogens is 370 g/mol. The predicted molar refractivity (Wildman–Crippen MR) is 111 cm³/mol. The van der Waals surface area contributed by atoms with E-state index in [0.717, 1.165) is 28.8 Å². The molecule has 1 amide bonds. The molecule has 3 nitrogen and oxygen atoms in total. The molecule has 0 spiro atoms. The summed E-state index contributed by atoms with van der Waals surface area (Å²) in [5, 5.41) is 3.33. The second-order valence-corrected chi connectivity index (χ2v) is 6.97. The van der Waals surface area contributed by atoms with Crippen molar-refractivity contribution >= 4 is 22.5 Å². The van der Waals surface area contributed by atoms with Crippen molar-refractivity contribution in [2.75, 3.05) is 5.32 Å². The fourth-order valence-electron chi connectivity index (χ4n) is 3.37. The molecule has 5 heteroatoms. The third-order valence-electron chi connectivity index (χ3n) is 4.80. The van der Waals surface area contributed by atoms with Crippen LogP contribution >= 0.6 is 0 Å². The Hall–Kier alpha value is -3.60. The van der Waals surface area contributed by atoms with Crippen LogP contribution in [0.15, 0.2) is 66.7 Å². The molecule has 0 saturated heterocycles. The van der Waals surface area contributed by atoms with E-state index in [-0.39, 0.29) is 5.69 Å². The lowest BCUT2D eigenvalue weighted by molar-refractivity contribution is 0.102. The second kappa shape index (κ2) is 7.43. The highest BCUT2D eigenvalue weighted by Crippen LogP contribution is 2.28. The van der Waals surface area contributed by atoms with Crippen molar-refractivity contribution in [3.63, 3.8) is 0 Å². The van der Waals surface area contributed by atoms with Gasteiger partial charge in [-0.05, 0) is 43.7 Å². The van der Waals surface area contributed by atoms with Gasteiger partial charge in [-0.25, -0.2) is 13.8 Å². The number of aromatic nitrogens is 1. The smallest absolute Gasteiger partial charge is 0.256 e. The van der Waals surface area contributed by atoms with Crippen LogP contribution < -0.4 is 5.32 Å². The number of amides is 1. The van der Waals surface area contributed by atoms with Gasteiger partial charge in [0.1, 0.15) is 0 Å². The van der Waals surface area contributed by atoms with Crippen molar-refractivity contribution in [3.8, 4) is 11.3 Å². The van der Waals surface area contributed by atoms with Crippen molar-refractivity contribution in [2.24, 2.45) is 0 Å². The van der Waals surface area contributed by atoms with Gasteiger partial charge in [-0.3, -0.25) is 4.79 Å². The van der Waals surface area contributed by atoms with Gasteiger partial charge in [0.15, 0.2) is 11.6 Å². The number of rotatable bonds is 3. The molecule has 0 atom stereocenters. The number of hydrogen-bond donors (Lipinski definition) is 1. The van der Waals surface area contributed by atoms with Crippen LogP contribution in [0.25, 0.3) is 22.2 Å². The Bertz CT molecular complexity index is 1250. The number of nitrogens with one attached hydrogen (secondary N) is 1. The summed E-state index contributed by atoms with van der Waals surface area (Å²) in [6.45, 7) is 4.02. The summed E-state index contributed by atoms with van der Waals surface area (Å²) < 4.78 is 26.7. The Morgan fingerprint density at radius 2 is 1.69 bits per heavy atom. The monoisotopic (exact) mass is 388 g/mol. The standard InChI is InChI=1S/C24H18F2N2O/c1-14-7-9-17(15(2)11-14)23-13-19(18-5-3-4-6-22(18)28-23)24(29)27-16-8-10-20(25)21(26)12-16/h3-13H,1-2H3,(H,27,29). The summed E-state index contributed by atoms with van der Waals surface area (Å²) in [6, 6.07) is 18.4. The molecule has 0 bridgehead atoms. The molecule has 1 N–H and O–H groups in total. The lowest BCUT2D eigenvalue weighted by Gasteiger charge is -2.12. The first-order valence-corrected chi connectivity index (χ1v) is 9.16. The molecule has 29 heavy (non-hydrogen) atoms. The number of hydrogen-bond acceptors (Lipinski definition) is 2. The van der Waals surface area contributed by atoms with Crippen LogP contribution in [0.4, 0.5) is 14.5 Å². The van der Waals surface area contributed by atoms with Crippen molar-refractivity contribution in [1.29, 1.82) is 0 Å². The van der Waals surface area contributed by atoms with Crippen LogP contribution in [0, 0.1) is 25.5 Å². The quantitative estimate of drug-likeness (QED) is 0.464. The van der Waals surface area contributed by atoms with Gasteiger partial charge in [0.05, 0.1) is 16.8 Å². The van der Waals surface area contributed by atoms with E-state index >= 15 is 0 Å². The lowest BCUT2D eigenvalue weighted by atomic mass is 9.99. The molecule has 144 valence electrons. The Balaban J connectivity index is 1.82. The van der Waals surface area contributed by atoms with Crippen molar-refractivity contribution in [2.45, 2.75) is 13.8 Å². The number of halogens is 2. The first-order chi connectivity index (χ1) is 13.9. The molecule has 0 saturated carbocycles. The zero-order valence-electron chi connectivity index (χ0n) is 16.0. The average Bonchev–Trinajstić information content (AvgIpc) is 2.70. The van der Waals surface area contributed by atoms with Gasteiger partial charge in [0, 0.05) is 22.7 Å². The highest BCUT2D eigenvalue weighted by Gasteiger charge is 2.16. The van der Waals surface area contributed by atoms with Gasteiger partial charge in [-0.2, -0.15) is 0 Å². The summed E-state index contributed by atoms with van der Waals surface area (Å²) in [5.41, 5.74) is 5.08. The largest absolute Gasteiger partial charge is 0.322 e. The maximum Gasteiger partial charge on any atom is 0.256 e. The first-order valence-electron chi connectivity index (χ1n) is 9.16. The fourth-order valence-corrected chi connectivity index (χ4v) is 3.37. The van der Waals surface area contributed by atoms with E-state index in [2.05, 4.69) is 11.4 Å². The average molecular weight is 388 g/mol. The summed E-state index contributed by atoms with van der Waals surface area (Å²) >= 11 is 0. The number of fused-ring (bicyclic) bond motifs is 1. The van der Waals surface area contributed by atoms with E-state index in [1.165, 1.54) is 6.07 Å². The molecule has 3 aromatic carbocycles. The van der Waals surface area contributed by atoms with Crippen LogP contribution in [0.5, 0.6) is 0 Å². The number of para-hydroxylation sites is 1. The number of aryl methyl sites for hydroxylation is 2. The number of benzene rings is 3. The molecule has 1 heterocycles. The minimum Gasteiger partial charge on any atom is -0.322 e. The molecule has 0 unspecified atom stereocenters. The third kappa shape index (κ3) is 3.72. The predicted octanol–water partition coefficient (Wildman–Crippen LogP) is 6.05. The SMILES string of the molecule is Cc1ccc(-c2cc(C(=O)Nc3ccc(F)c(F)c3)c3ccccc3n2)c(C)c1. The lowest BCUT2D eigenvalue weighted by Crippen LogP contribution is -2.13. The Morgan fingerprint density at radius 3 is 2.45 bits per heavy atom. The third-order valence-corrected chi connectivity index (χ3v) is 4.80. The summed E-state index contributed by atoms with van der Waals surface area (Å²) in [6.07, 6.45) is 0. The topological polar surface area (TPSA) is 42.0 Å². The molecular formula is C24H18F2N2O. The molecule has 0 aliphatic heterocycles. The summed E-state index contributed by atoms with van der Waals surface area (Å²) in [5.74, 6) is -2.39. The molecule has 0 radical (unpaired) electrons. The van der Waals surface area contributed by atoms with Crippen LogP contribution in [0.1, 0.15) is 21.5 Å². The molecule has 4 rings (SSSR count). The van der Waals surface area contributed by atoms with Crippen LogP contribution in [0.3, 0.4) is 0 Å². The van der Waals surface area contributed by atoms with E-state index in [1.54, 1.807) is 6.07 Å². The van der Waals surface area contributed by atoms with Crippen LogP contribution in [-0.4, -0.2) is 10.9 Å². The Morgan fingerprint density at radius 1 is 0.897 bits per heavy atom. The summed E-state index contributed by atoms with van der Waals surface area (Å²) in [7, 11) is 0. The van der Waals surface area contributed by atoms with Gasteiger partial charge in [-0.1, -0.05) is 42.0 Å². The van der Waals surface area contributed by atoms with E-state index in [0.29, 0.717) is 22.2 Å². The van der Waals surface area contributed by atoms with Gasteiger partial charge in [-0.15, -0.1) is 0 Å². The zero-order chi connectivity index (χ0) is 20.5. The number of nitrogens with zero attached hydrogens (tertiary/aromatic N) is 1. The van der Waals surface area contributed by atoms with E-state index in [4.69, 9.17) is 4.98 Å². The van der Waals surface area contributed by atoms with Gasteiger partial charge in [0.2, 0.25) is 0 Å². The van der Waals surface area contributed by atoms with Crippen LogP contribution in [0.2, 0.25) is 0 Å². The number of pyridine rings is 1. The fraction of sp³-hybridized carbons (Fsp3) is 0.0833. The molecule has 0 aliphatic rings. The highest BCUT2D eigenvalue weighted by molar-refractivity contribution is 6.13. The van der Waals surface area contributed by atoms with Crippen LogP contribution in [-0.2, 0) is 0 Å². The van der Waals surface area contributed by atoms with E-state index in [1.807, 2.05) is 50.2 Å².